The van der Waals surface area contributed by atoms with Gasteiger partial charge in [-0.2, -0.15) is 0 Å². The van der Waals surface area contributed by atoms with Crippen LogP contribution in [-0.2, 0) is 0 Å². The average Bonchev–Trinajstić information content (AvgIpc) is 2.31. The van der Waals surface area contributed by atoms with Gasteiger partial charge < -0.3 is 0 Å². The zero-order valence-corrected chi connectivity index (χ0v) is 11.0. The van der Waals surface area contributed by atoms with Gasteiger partial charge in [-0.15, -0.1) is 0 Å². The Morgan fingerprint density at radius 2 is 1.06 bits per heavy atom. The molecule has 0 bridgehead atoms. The van der Waals surface area contributed by atoms with Crippen molar-refractivity contribution in [3.8, 4) is 0 Å². The molecule has 0 unspecified atom stereocenters. The fraction of sp³-hybridized carbons (Fsp3) is 0.250. The Labute approximate surface area is 101 Å². The van der Waals surface area contributed by atoms with Crippen LogP contribution >= 0.6 is 0 Å². The third kappa shape index (κ3) is 7.81. The zero-order chi connectivity index (χ0) is 12.8. The summed E-state index contributed by atoms with van der Waals surface area (Å²) in [6.07, 6.45) is 15.7. The van der Waals surface area contributed by atoms with Crippen LogP contribution in [0.2, 0.25) is 0 Å². The van der Waals surface area contributed by atoms with Crippen molar-refractivity contribution in [2.75, 3.05) is 0 Å². The summed E-state index contributed by atoms with van der Waals surface area (Å²) in [6.45, 7) is 15.4. The van der Waals surface area contributed by atoms with Crippen molar-refractivity contribution in [1.29, 1.82) is 0 Å². The van der Waals surface area contributed by atoms with Crippen molar-refractivity contribution in [2.24, 2.45) is 0 Å². The third-order valence-electron chi connectivity index (χ3n) is 1.62. The largest absolute Gasteiger partial charge is 0.0990 e. The molecular formula is C16H24. The van der Waals surface area contributed by atoms with Crippen LogP contribution < -0.4 is 0 Å². The molecule has 0 rings (SSSR count). The summed E-state index contributed by atoms with van der Waals surface area (Å²) < 4.78 is 0. The summed E-state index contributed by atoms with van der Waals surface area (Å²) in [4.78, 5) is 0. The summed E-state index contributed by atoms with van der Waals surface area (Å²) in [5.74, 6) is 0. The maximum Gasteiger partial charge on any atom is -0.0188 e. The Kier molecular flexibility index (Phi) is 14.2. The first-order chi connectivity index (χ1) is 7.79. The quantitative estimate of drug-likeness (QED) is 0.540. The van der Waals surface area contributed by atoms with Gasteiger partial charge in [-0.3, -0.25) is 0 Å². The van der Waals surface area contributed by atoms with Gasteiger partial charge >= 0.3 is 0 Å². The molecule has 16 heavy (non-hydrogen) atoms. The van der Waals surface area contributed by atoms with E-state index in [9.17, 15) is 0 Å². The number of allylic oxidation sites excluding steroid dienone is 10. The van der Waals surface area contributed by atoms with Crippen molar-refractivity contribution in [3.05, 3.63) is 72.9 Å². The summed E-state index contributed by atoms with van der Waals surface area (Å²) in [5.41, 5.74) is 2.28. The number of hydrogen-bond donors (Lipinski definition) is 0. The van der Waals surface area contributed by atoms with E-state index in [2.05, 4.69) is 25.3 Å². The minimum absolute atomic E-state index is 1.14. The molecule has 0 amide bonds. The van der Waals surface area contributed by atoms with Gasteiger partial charge in [-0.05, 0) is 25.0 Å². The minimum atomic E-state index is 1.14. The molecule has 0 nitrogen and oxygen atoms in total. The molecule has 0 spiro atoms. The molecule has 0 aliphatic heterocycles. The van der Waals surface area contributed by atoms with Gasteiger partial charge in [0.05, 0.1) is 0 Å². The van der Waals surface area contributed by atoms with E-state index in [4.69, 9.17) is 0 Å². The highest BCUT2D eigenvalue weighted by atomic mass is 14.0. The number of rotatable bonds is 5. The van der Waals surface area contributed by atoms with Crippen molar-refractivity contribution in [1.82, 2.24) is 0 Å². The second-order valence-electron chi connectivity index (χ2n) is 2.72. The first-order valence-corrected chi connectivity index (χ1v) is 5.71. The SMILES string of the molecule is C=C/C=C(/C=C\C)C(\C=C/C)=C/C=C.CC. The van der Waals surface area contributed by atoms with E-state index in [0.29, 0.717) is 0 Å². The third-order valence-corrected chi connectivity index (χ3v) is 1.62. The van der Waals surface area contributed by atoms with Gasteiger partial charge in [0.1, 0.15) is 0 Å². The molecule has 0 aromatic heterocycles. The van der Waals surface area contributed by atoms with Crippen LogP contribution in [0.15, 0.2) is 72.9 Å². The second kappa shape index (κ2) is 13.4. The molecule has 0 heterocycles. The normalized spacial score (nSPS) is 12.5. The van der Waals surface area contributed by atoms with Crippen LogP contribution in [0.1, 0.15) is 27.7 Å². The molecule has 0 fully saturated rings. The van der Waals surface area contributed by atoms with Gasteiger partial charge in [0.15, 0.2) is 0 Å². The van der Waals surface area contributed by atoms with Crippen LogP contribution in [-0.4, -0.2) is 0 Å². The van der Waals surface area contributed by atoms with Crippen LogP contribution in [0, 0.1) is 0 Å². The minimum Gasteiger partial charge on any atom is -0.0990 e. The van der Waals surface area contributed by atoms with E-state index in [1.165, 1.54) is 0 Å². The summed E-state index contributed by atoms with van der Waals surface area (Å²) in [5, 5.41) is 0. The average molecular weight is 216 g/mol. The Hall–Kier alpha value is -1.56. The summed E-state index contributed by atoms with van der Waals surface area (Å²) in [6, 6.07) is 0. The lowest BCUT2D eigenvalue weighted by atomic mass is 10.0. The van der Waals surface area contributed by atoms with Crippen LogP contribution in [0.3, 0.4) is 0 Å². The highest BCUT2D eigenvalue weighted by Crippen LogP contribution is 2.13. The van der Waals surface area contributed by atoms with Gasteiger partial charge in [0.2, 0.25) is 0 Å². The van der Waals surface area contributed by atoms with E-state index >= 15 is 0 Å². The molecule has 0 aliphatic rings. The molecule has 0 N–H and O–H groups in total. The molecule has 0 aromatic rings. The molecule has 0 aromatic carbocycles. The fourth-order valence-corrected chi connectivity index (χ4v) is 1.11. The zero-order valence-electron chi connectivity index (χ0n) is 11.0. The molecule has 0 saturated carbocycles. The predicted molar refractivity (Wildman–Crippen MR) is 77.5 cm³/mol. The maximum absolute atomic E-state index is 3.70. The highest BCUT2D eigenvalue weighted by molar-refractivity contribution is 5.48. The summed E-state index contributed by atoms with van der Waals surface area (Å²) >= 11 is 0. The lowest BCUT2D eigenvalue weighted by Crippen LogP contribution is -1.82. The highest BCUT2D eigenvalue weighted by Gasteiger charge is 1.94. The van der Waals surface area contributed by atoms with Crippen molar-refractivity contribution in [2.45, 2.75) is 27.7 Å². The molecule has 0 saturated heterocycles. The molecule has 0 atom stereocenters. The fourth-order valence-electron chi connectivity index (χ4n) is 1.11. The Balaban J connectivity index is 0. The van der Waals surface area contributed by atoms with E-state index in [1.54, 1.807) is 12.2 Å². The van der Waals surface area contributed by atoms with Crippen LogP contribution in [0.4, 0.5) is 0 Å². The lowest BCUT2D eigenvalue weighted by Gasteiger charge is -2.01. The van der Waals surface area contributed by atoms with E-state index in [1.807, 2.05) is 52.0 Å². The van der Waals surface area contributed by atoms with Crippen molar-refractivity contribution >= 4 is 0 Å². The van der Waals surface area contributed by atoms with Crippen molar-refractivity contribution < 1.29 is 0 Å². The van der Waals surface area contributed by atoms with E-state index < -0.39 is 0 Å². The smallest absolute Gasteiger partial charge is 0.0188 e. The van der Waals surface area contributed by atoms with E-state index in [-0.39, 0.29) is 0 Å². The standard InChI is InChI=1S/C14H18.C2H6/c1-5-9-13(10-6-2)14(11-7-3)12-8-4;1-2/h5-12H,1,3H2,2,4H3;1-2H3/b10-6-,12-8-,13-9-,14-11-;. The Morgan fingerprint density at radius 1 is 0.750 bits per heavy atom. The van der Waals surface area contributed by atoms with Gasteiger partial charge in [-0.1, -0.05) is 75.6 Å². The lowest BCUT2D eigenvalue weighted by molar-refractivity contribution is 1.50. The molecule has 88 valence electrons. The number of hydrogen-bond acceptors (Lipinski definition) is 0. The molecule has 0 heteroatoms. The van der Waals surface area contributed by atoms with Gasteiger partial charge in [-0.25, -0.2) is 0 Å². The first-order valence-electron chi connectivity index (χ1n) is 5.71. The second-order valence-corrected chi connectivity index (χ2v) is 2.72. The maximum atomic E-state index is 3.70. The predicted octanol–water partition coefficient (Wildman–Crippen LogP) is 5.39. The van der Waals surface area contributed by atoms with Gasteiger partial charge in [0, 0.05) is 0 Å². The first kappa shape index (κ1) is 16.9. The van der Waals surface area contributed by atoms with E-state index in [0.717, 1.165) is 11.1 Å². The van der Waals surface area contributed by atoms with Crippen LogP contribution in [0.5, 0.6) is 0 Å². The van der Waals surface area contributed by atoms with Gasteiger partial charge in [0.25, 0.3) is 0 Å². The molecular weight excluding hydrogens is 192 g/mol. The Bertz CT molecular complexity index is 264. The van der Waals surface area contributed by atoms with Crippen LogP contribution in [0.25, 0.3) is 0 Å². The summed E-state index contributed by atoms with van der Waals surface area (Å²) in [7, 11) is 0. The topological polar surface area (TPSA) is 0 Å². The van der Waals surface area contributed by atoms with Crippen molar-refractivity contribution in [3.63, 3.8) is 0 Å². The molecule has 0 radical (unpaired) electrons. The monoisotopic (exact) mass is 216 g/mol. The Morgan fingerprint density at radius 3 is 1.25 bits per heavy atom. The molecule has 0 aliphatic carbocycles.